The van der Waals surface area contributed by atoms with Crippen LogP contribution in [0.25, 0.3) is 0 Å². The smallest absolute Gasteiger partial charge is 0.382 e. The average molecular weight is 418 g/mol. The molecule has 0 spiro atoms. The van der Waals surface area contributed by atoms with Gasteiger partial charge in [-0.3, -0.25) is 9.59 Å². The lowest BCUT2D eigenvalue weighted by molar-refractivity contribution is -0.241. The Morgan fingerprint density at radius 1 is 0.821 bits per heavy atom. The number of halogens is 2. The van der Waals surface area contributed by atoms with E-state index in [1.807, 2.05) is 0 Å². The molecule has 3 atom stereocenters. The number of aliphatic carboxylic acids is 5. The average Bonchev–Trinajstić information content (AvgIpc) is 2.51. The third-order valence-corrected chi connectivity index (χ3v) is 3.26. The number of carbonyl (C=O) groups is 6. The normalized spacial score (nSPS) is 16.7. The van der Waals surface area contributed by atoms with E-state index in [2.05, 4.69) is 4.74 Å². The molecular formula is C12H12F2O14. The first-order valence-corrected chi connectivity index (χ1v) is 6.60. The van der Waals surface area contributed by atoms with Crippen LogP contribution in [0.4, 0.5) is 8.78 Å². The largest absolute Gasteiger partial charge is 0.481 e. The van der Waals surface area contributed by atoms with E-state index in [1.165, 1.54) is 0 Å². The number of carboxylic acids is 5. The van der Waals surface area contributed by atoms with Crippen molar-refractivity contribution in [2.45, 2.75) is 36.1 Å². The highest BCUT2D eigenvalue weighted by atomic mass is 19.3. The van der Waals surface area contributed by atoms with Crippen molar-refractivity contribution in [3.05, 3.63) is 0 Å². The third kappa shape index (κ3) is 4.46. The summed E-state index contributed by atoms with van der Waals surface area (Å²) in [5, 5.41) is 62.2. The van der Waals surface area contributed by atoms with E-state index in [0.717, 1.165) is 0 Å². The molecule has 0 aliphatic heterocycles. The Kier molecular flexibility index (Phi) is 7.11. The van der Waals surface area contributed by atoms with E-state index < -0.39 is 71.9 Å². The standard InChI is InChI=1S/C12H12F2O14/c13-12(14,11(27,8(24)25)2-4(17)18)9(26)28-10(7(22)23,1-3(15)16)5(19)6(20)21/h5,19,27H,1-2H2,(H,15,16)(H,17,18)(H,20,21)(H,22,23)(H,24,25)/t5-,10?,11?/m1/s1. The fraction of sp³-hybridized carbons (Fsp3) is 0.500. The Morgan fingerprint density at radius 2 is 1.25 bits per heavy atom. The van der Waals surface area contributed by atoms with Crippen molar-refractivity contribution in [3.63, 3.8) is 0 Å². The molecule has 2 unspecified atom stereocenters. The number of esters is 1. The maximum atomic E-state index is 14.1. The molecule has 7 N–H and O–H groups in total. The topological polar surface area (TPSA) is 253 Å². The van der Waals surface area contributed by atoms with E-state index in [4.69, 9.17) is 25.5 Å². The Bertz CT molecular complexity index is 717. The van der Waals surface area contributed by atoms with Crippen LogP contribution in [0.15, 0.2) is 0 Å². The highest BCUT2D eigenvalue weighted by Crippen LogP contribution is 2.36. The van der Waals surface area contributed by atoms with Gasteiger partial charge in [-0.1, -0.05) is 0 Å². The van der Waals surface area contributed by atoms with Gasteiger partial charge in [0.25, 0.3) is 5.60 Å². The Labute approximate surface area is 151 Å². The molecule has 0 radical (unpaired) electrons. The van der Waals surface area contributed by atoms with Crippen LogP contribution in [0.2, 0.25) is 0 Å². The highest BCUT2D eigenvalue weighted by molar-refractivity contribution is 5.97. The summed E-state index contributed by atoms with van der Waals surface area (Å²) in [7, 11) is 0. The highest BCUT2D eigenvalue weighted by Gasteiger charge is 2.68. The van der Waals surface area contributed by atoms with Gasteiger partial charge in [0, 0.05) is 0 Å². The second kappa shape index (κ2) is 8.09. The monoisotopic (exact) mass is 418 g/mol. The summed E-state index contributed by atoms with van der Waals surface area (Å²) < 4.78 is 31.9. The van der Waals surface area contributed by atoms with Gasteiger partial charge in [0.1, 0.15) is 0 Å². The van der Waals surface area contributed by atoms with Gasteiger partial charge in [-0.15, -0.1) is 0 Å². The van der Waals surface area contributed by atoms with E-state index in [1.54, 1.807) is 0 Å². The number of aliphatic hydroxyl groups excluding tert-OH is 1. The van der Waals surface area contributed by atoms with Crippen LogP contribution in [-0.4, -0.2) is 94.8 Å². The van der Waals surface area contributed by atoms with Crippen LogP contribution in [-0.2, 0) is 33.5 Å². The number of hydrogen-bond acceptors (Lipinski definition) is 9. The fourth-order valence-electron chi connectivity index (χ4n) is 1.79. The second-order valence-electron chi connectivity index (χ2n) is 5.21. The molecule has 0 aliphatic rings. The van der Waals surface area contributed by atoms with Crippen molar-refractivity contribution in [2.75, 3.05) is 0 Å². The fourth-order valence-corrected chi connectivity index (χ4v) is 1.79. The van der Waals surface area contributed by atoms with Gasteiger partial charge in [0.05, 0.1) is 12.8 Å². The van der Waals surface area contributed by atoms with Crippen LogP contribution in [0.5, 0.6) is 0 Å². The van der Waals surface area contributed by atoms with E-state index >= 15 is 0 Å². The molecule has 0 saturated heterocycles. The first kappa shape index (κ1) is 24.6. The Hall–Kier alpha value is -3.40. The lowest BCUT2D eigenvalue weighted by Crippen LogP contribution is -2.64. The zero-order valence-corrected chi connectivity index (χ0v) is 13.2. The van der Waals surface area contributed by atoms with Gasteiger partial charge in [-0.05, 0) is 0 Å². The molecule has 14 nitrogen and oxygen atoms in total. The van der Waals surface area contributed by atoms with E-state index in [-0.39, 0.29) is 0 Å². The van der Waals surface area contributed by atoms with Gasteiger partial charge in [0.2, 0.25) is 11.7 Å². The van der Waals surface area contributed by atoms with Crippen LogP contribution >= 0.6 is 0 Å². The molecule has 0 aromatic heterocycles. The van der Waals surface area contributed by atoms with Gasteiger partial charge < -0.3 is 40.5 Å². The van der Waals surface area contributed by atoms with Crippen LogP contribution in [0.3, 0.4) is 0 Å². The minimum atomic E-state index is -5.73. The van der Waals surface area contributed by atoms with Gasteiger partial charge >= 0.3 is 41.7 Å². The number of hydrogen-bond donors (Lipinski definition) is 7. The molecule has 0 heterocycles. The van der Waals surface area contributed by atoms with Crippen LogP contribution < -0.4 is 0 Å². The number of ether oxygens (including phenoxy) is 1. The number of alkyl halides is 2. The summed E-state index contributed by atoms with van der Waals surface area (Å²) in [6.45, 7) is 0. The van der Waals surface area contributed by atoms with E-state index in [0.29, 0.717) is 0 Å². The van der Waals surface area contributed by atoms with E-state index in [9.17, 15) is 47.8 Å². The second-order valence-corrected chi connectivity index (χ2v) is 5.21. The Balaban J connectivity index is 6.38. The molecule has 0 aromatic rings. The predicted molar refractivity (Wildman–Crippen MR) is 72.1 cm³/mol. The van der Waals surface area contributed by atoms with Crippen molar-refractivity contribution < 1.29 is 78.0 Å². The van der Waals surface area contributed by atoms with Crippen LogP contribution in [0.1, 0.15) is 12.8 Å². The minimum absolute atomic E-state index is 2.08. The summed E-state index contributed by atoms with van der Waals surface area (Å²) in [5.74, 6) is -21.9. The van der Waals surface area contributed by atoms with Crippen molar-refractivity contribution in [1.29, 1.82) is 0 Å². The molecule has 0 aliphatic carbocycles. The molecule has 0 aromatic carbocycles. The zero-order valence-electron chi connectivity index (χ0n) is 13.2. The summed E-state index contributed by atoms with van der Waals surface area (Å²) in [6, 6.07) is 0. The van der Waals surface area contributed by atoms with Crippen molar-refractivity contribution >= 4 is 35.8 Å². The maximum Gasteiger partial charge on any atom is 0.382 e. The molecule has 16 heteroatoms. The van der Waals surface area contributed by atoms with Crippen LogP contribution in [0, 0.1) is 0 Å². The Morgan fingerprint density at radius 3 is 1.54 bits per heavy atom. The molecule has 28 heavy (non-hydrogen) atoms. The van der Waals surface area contributed by atoms with Crippen molar-refractivity contribution in [3.8, 4) is 0 Å². The van der Waals surface area contributed by atoms with Gasteiger partial charge in [0.15, 0.2) is 0 Å². The van der Waals surface area contributed by atoms with Gasteiger partial charge in [-0.25, -0.2) is 19.2 Å². The molecule has 158 valence electrons. The molecule has 0 bridgehead atoms. The number of carbonyl (C=O) groups excluding carboxylic acids is 1. The quantitative estimate of drug-likeness (QED) is 0.167. The lowest BCUT2D eigenvalue weighted by Gasteiger charge is -2.34. The summed E-state index contributed by atoms with van der Waals surface area (Å²) in [6.07, 6.45) is -7.81. The first-order valence-electron chi connectivity index (χ1n) is 6.60. The summed E-state index contributed by atoms with van der Waals surface area (Å²) >= 11 is 0. The molecular weight excluding hydrogens is 406 g/mol. The van der Waals surface area contributed by atoms with Crippen molar-refractivity contribution in [1.82, 2.24) is 0 Å². The molecule has 0 amide bonds. The van der Waals surface area contributed by atoms with Gasteiger partial charge in [-0.2, -0.15) is 8.78 Å². The maximum absolute atomic E-state index is 14.1. The third-order valence-electron chi connectivity index (χ3n) is 3.26. The molecule has 0 fully saturated rings. The summed E-state index contributed by atoms with van der Waals surface area (Å²) in [5.41, 5.74) is -8.78. The summed E-state index contributed by atoms with van der Waals surface area (Å²) in [4.78, 5) is 65.9. The number of rotatable bonds is 11. The number of carboxylic acid groups (broad SMARTS) is 5. The molecule has 0 saturated carbocycles. The van der Waals surface area contributed by atoms with Crippen molar-refractivity contribution in [2.24, 2.45) is 0 Å². The zero-order chi connectivity index (χ0) is 22.7. The first-order chi connectivity index (χ1) is 12.5. The minimum Gasteiger partial charge on any atom is -0.481 e. The lowest BCUT2D eigenvalue weighted by atomic mass is 9.89. The SMILES string of the molecule is O=C(O)CC(OC(=O)C(F)(F)C(O)(CC(=O)O)C(=O)O)(C(=O)O)[C@H](O)C(=O)O. The predicted octanol–water partition coefficient (Wildman–Crippen LogP) is -2.80. The molecule has 0 rings (SSSR count). The number of aliphatic hydroxyl groups is 2.